The Morgan fingerprint density at radius 3 is 2.17 bits per heavy atom. The number of nitrogens with one attached hydrogen (secondary N) is 1. The molecule has 1 aromatic heterocycles. The molecule has 1 fully saturated rings. The van der Waals surface area contributed by atoms with Gasteiger partial charge in [-0.05, 0) is 67.8 Å². The van der Waals surface area contributed by atoms with Crippen molar-refractivity contribution in [2.24, 2.45) is 0 Å². The van der Waals surface area contributed by atoms with E-state index in [1.165, 1.54) is 12.1 Å². The van der Waals surface area contributed by atoms with Crippen molar-refractivity contribution < 1.29 is 40.3 Å². The SMILES string of the molecule is CCCCN(Cc1ccco1)c1ccc(NC(=O)c2cc(C(F)(F)F)cc(C(F)(F)F)c2)cc1C(=O)N1CCCC1. The van der Waals surface area contributed by atoms with Crippen molar-refractivity contribution in [2.75, 3.05) is 29.9 Å². The van der Waals surface area contributed by atoms with Crippen molar-refractivity contribution in [1.29, 1.82) is 0 Å². The number of hydrogen-bond acceptors (Lipinski definition) is 4. The van der Waals surface area contributed by atoms with Crippen LogP contribution in [0.15, 0.2) is 59.2 Å². The zero-order valence-corrected chi connectivity index (χ0v) is 22.2. The highest BCUT2D eigenvalue weighted by atomic mass is 19.4. The molecule has 4 rings (SSSR count). The van der Waals surface area contributed by atoms with Crippen molar-refractivity contribution in [3.05, 3.63) is 82.8 Å². The lowest BCUT2D eigenvalue weighted by Gasteiger charge is -2.28. The second-order valence-corrected chi connectivity index (χ2v) is 9.83. The summed E-state index contributed by atoms with van der Waals surface area (Å²) < 4.78 is 85.3. The molecule has 2 aromatic carbocycles. The number of carbonyl (C=O) groups is 2. The fourth-order valence-electron chi connectivity index (χ4n) is 4.67. The van der Waals surface area contributed by atoms with Gasteiger partial charge >= 0.3 is 12.4 Å². The highest BCUT2D eigenvalue weighted by molar-refractivity contribution is 6.06. The minimum absolute atomic E-state index is 0.0394. The highest BCUT2D eigenvalue weighted by Gasteiger charge is 2.37. The number of furan rings is 1. The van der Waals surface area contributed by atoms with E-state index in [2.05, 4.69) is 5.32 Å². The molecule has 0 radical (unpaired) electrons. The van der Waals surface area contributed by atoms with Gasteiger partial charge in [-0.2, -0.15) is 26.3 Å². The second kappa shape index (κ2) is 12.3. The minimum Gasteiger partial charge on any atom is -0.467 e. The van der Waals surface area contributed by atoms with Crippen molar-refractivity contribution in [3.8, 4) is 0 Å². The molecule has 6 nitrogen and oxygen atoms in total. The topological polar surface area (TPSA) is 65.8 Å². The first-order chi connectivity index (χ1) is 19.4. The lowest BCUT2D eigenvalue weighted by atomic mass is 10.0. The average Bonchev–Trinajstić information content (AvgIpc) is 3.64. The van der Waals surface area contributed by atoms with E-state index in [0.717, 1.165) is 25.7 Å². The van der Waals surface area contributed by atoms with Crippen LogP contribution in [-0.2, 0) is 18.9 Å². The number of amides is 2. The minimum atomic E-state index is -5.09. The van der Waals surface area contributed by atoms with Gasteiger partial charge in [0.25, 0.3) is 11.8 Å². The number of anilines is 2. The van der Waals surface area contributed by atoms with E-state index in [1.807, 2.05) is 11.8 Å². The molecule has 0 atom stereocenters. The van der Waals surface area contributed by atoms with E-state index in [9.17, 15) is 35.9 Å². The molecule has 2 heterocycles. The maximum absolute atomic E-state index is 13.6. The predicted octanol–water partition coefficient (Wildman–Crippen LogP) is 7.61. The third-order valence-corrected chi connectivity index (χ3v) is 6.78. The normalized spacial score (nSPS) is 13.9. The standard InChI is InChI=1S/C29H29F6N3O3/c1-2-3-10-38(18-23-7-6-13-41-23)25-9-8-22(17-24(25)27(40)37-11-4-5-12-37)36-26(39)19-14-20(28(30,31)32)16-21(15-19)29(33,34)35/h6-9,13-17H,2-5,10-12,18H2,1H3,(H,36,39). The molecule has 1 aliphatic heterocycles. The Bertz CT molecular complexity index is 1330. The number of carbonyl (C=O) groups excluding carboxylic acids is 2. The van der Waals surface area contributed by atoms with E-state index in [1.54, 1.807) is 29.4 Å². The van der Waals surface area contributed by atoms with Gasteiger partial charge in [0.15, 0.2) is 0 Å². The molecule has 0 saturated carbocycles. The van der Waals surface area contributed by atoms with Gasteiger partial charge in [-0.25, -0.2) is 0 Å². The lowest BCUT2D eigenvalue weighted by Crippen LogP contribution is -2.31. The molecule has 1 aliphatic rings. The van der Waals surface area contributed by atoms with Crippen molar-refractivity contribution in [2.45, 2.75) is 51.5 Å². The molecule has 2 amide bonds. The second-order valence-electron chi connectivity index (χ2n) is 9.83. The van der Waals surface area contributed by atoms with Crippen LogP contribution in [0.1, 0.15) is 70.2 Å². The summed E-state index contributed by atoms with van der Waals surface area (Å²) in [6.45, 7) is 4.08. The number of benzene rings is 2. The first kappa shape index (κ1) is 30.0. The smallest absolute Gasteiger partial charge is 0.416 e. The van der Waals surface area contributed by atoms with Gasteiger partial charge < -0.3 is 19.5 Å². The van der Waals surface area contributed by atoms with Crippen molar-refractivity contribution in [3.63, 3.8) is 0 Å². The average molecular weight is 582 g/mol. The number of halogens is 6. The van der Waals surface area contributed by atoms with Crippen LogP contribution >= 0.6 is 0 Å². The van der Waals surface area contributed by atoms with E-state index in [4.69, 9.17) is 4.42 Å². The number of hydrogen-bond donors (Lipinski definition) is 1. The molecule has 0 bridgehead atoms. The van der Waals surface area contributed by atoms with Crippen molar-refractivity contribution >= 4 is 23.2 Å². The van der Waals surface area contributed by atoms with Crippen molar-refractivity contribution in [1.82, 2.24) is 4.90 Å². The third kappa shape index (κ3) is 7.42. The molecule has 0 unspecified atom stereocenters. The van der Waals surface area contributed by atoms with E-state index < -0.39 is 35.0 Å². The van der Waals surface area contributed by atoms with Gasteiger partial charge in [-0.3, -0.25) is 9.59 Å². The summed E-state index contributed by atoms with van der Waals surface area (Å²) in [4.78, 5) is 30.1. The number of likely N-dealkylation sites (tertiary alicyclic amines) is 1. The molecule has 3 aromatic rings. The molecular weight excluding hydrogens is 552 g/mol. The number of alkyl halides is 6. The first-order valence-corrected chi connectivity index (χ1v) is 13.2. The molecule has 220 valence electrons. The van der Waals surface area contributed by atoms with E-state index in [0.29, 0.717) is 49.8 Å². The van der Waals surface area contributed by atoms with Crippen LogP contribution in [0, 0.1) is 0 Å². The van der Waals surface area contributed by atoms with Crippen LogP contribution in [0.25, 0.3) is 0 Å². The predicted molar refractivity (Wildman–Crippen MR) is 141 cm³/mol. The zero-order chi connectivity index (χ0) is 29.8. The van der Waals surface area contributed by atoms with Gasteiger partial charge in [-0.15, -0.1) is 0 Å². The summed E-state index contributed by atoms with van der Waals surface area (Å²) in [5.74, 6) is -0.789. The van der Waals surface area contributed by atoms with Gasteiger partial charge in [0.1, 0.15) is 5.76 Å². The van der Waals surface area contributed by atoms with Crippen LogP contribution in [-0.4, -0.2) is 36.3 Å². The Morgan fingerprint density at radius 2 is 1.61 bits per heavy atom. The number of nitrogens with zero attached hydrogens (tertiary/aromatic N) is 2. The van der Waals surface area contributed by atoms with Gasteiger partial charge in [-0.1, -0.05) is 13.3 Å². The number of unbranched alkanes of at least 4 members (excludes halogenated alkanes) is 1. The van der Waals surface area contributed by atoms with Gasteiger partial charge in [0, 0.05) is 30.9 Å². The molecule has 0 spiro atoms. The molecule has 1 N–H and O–H groups in total. The molecule has 0 aliphatic carbocycles. The Kier molecular flexibility index (Phi) is 8.98. The van der Waals surface area contributed by atoms with Crippen LogP contribution in [0.3, 0.4) is 0 Å². The molecule has 1 saturated heterocycles. The Morgan fingerprint density at radius 1 is 0.951 bits per heavy atom. The first-order valence-electron chi connectivity index (χ1n) is 13.2. The van der Waals surface area contributed by atoms with Crippen LogP contribution < -0.4 is 10.2 Å². The fourth-order valence-corrected chi connectivity index (χ4v) is 4.67. The summed E-state index contributed by atoms with van der Waals surface area (Å²) in [7, 11) is 0. The van der Waals surface area contributed by atoms with Crippen LogP contribution in [0.4, 0.5) is 37.7 Å². The summed E-state index contributed by atoms with van der Waals surface area (Å²) in [6.07, 6.45) is -5.28. The summed E-state index contributed by atoms with van der Waals surface area (Å²) in [6, 6.07) is 8.74. The summed E-state index contributed by atoms with van der Waals surface area (Å²) in [5.41, 5.74) is -3.12. The zero-order valence-electron chi connectivity index (χ0n) is 22.2. The highest BCUT2D eigenvalue weighted by Crippen LogP contribution is 2.37. The maximum atomic E-state index is 13.6. The Labute approximate surface area is 232 Å². The molecular formula is C29H29F6N3O3. The Balaban J connectivity index is 1.70. The van der Waals surface area contributed by atoms with Crippen LogP contribution in [0.2, 0.25) is 0 Å². The summed E-state index contributed by atoms with van der Waals surface area (Å²) >= 11 is 0. The quantitative estimate of drug-likeness (QED) is 0.264. The van der Waals surface area contributed by atoms with Gasteiger partial charge in [0.2, 0.25) is 0 Å². The van der Waals surface area contributed by atoms with E-state index in [-0.39, 0.29) is 23.2 Å². The molecule has 12 heteroatoms. The largest absolute Gasteiger partial charge is 0.467 e. The van der Waals surface area contributed by atoms with Crippen LogP contribution in [0.5, 0.6) is 0 Å². The third-order valence-electron chi connectivity index (χ3n) is 6.78. The number of rotatable bonds is 9. The van der Waals surface area contributed by atoms with E-state index >= 15 is 0 Å². The lowest BCUT2D eigenvalue weighted by molar-refractivity contribution is -0.143. The summed E-state index contributed by atoms with van der Waals surface area (Å²) in [5, 5.41) is 2.37. The Hall–Kier alpha value is -3.96. The molecule has 41 heavy (non-hydrogen) atoms. The monoisotopic (exact) mass is 581 g/mol. The fraction of sp³-hybridized carbons (Fsp3) is 0.379. The maximum Gasteiger partial charge on any atom is 0.416 e. The van der Waals surface area contributed by atoms with Gasteiger partial charge in [0.05, 0.1) is 35.2 Å².